The van der Waals surface area contributed by atoms with E-state index >= 15 is 0 Å². The van der Waals surface area contributed by atoms with Crippen LogP contribution in [0.25, 0.3) is 0 Å². The van der Waals surface area contributed by atoms with Crippen molar-refractivity contribution < 1.29 is 9.18 Å². The molecular formula is C13H17FO. The predicted molar refractivity (Wildman–Crippen MR) is 59.7 cm³/mol. The average Bonchev–Trinajstić information content (AvgIpc) is 2.15. The van der Waals surface area contributed by atoms with Crippen LogP contribution in [0.15, 0.2) is 18.2 Å². The number of halogens is 1. The third kappa shape index (κ3) is 2.65. The number of carbonyl (C=O) groups is 1. The van der Waals surface area contributed by atoms with E-state index in [2.05, 4.69) is 0 Å². The minimum absolute atomic E-state index is 0.0591. The van der Waals surface area contributed by atoms with E-state index in [9.17, 15) is 9.18 Å². The Morgan fingerprint density at radius 2 is 1.93 bits per heavy atom. The van der Waals surface area contributed by atoms with Crippen LogP contribution in [0.4, 0.5) is 4.39 Å². The summed E-state index contributed by atoms with van der Waals surface area (Å²) in [6.45, 7) is 7.87. The van der Waals surface area contributed by atoms with E-state index in [1.165, 1.54) is 6.07 Å². The molecule has 82 valence electrons. The molecular weight excluding hydrogens is 191 g/mol. The predicted octanol–water partition coefficient (Wildman–Crippen LogP) is 3.72. The molecule has 1 nitrogen and oxygen atoms in total. The zero-order chi connectivity index (χ0) is 11.6. The van der Waals surface area contributed by atoms with Crippen molar-refractivity contribution in [3.05, 3.63) is 35.1 Å². The molecule has 0 N–H and O–H groups in total. The zero-order valence-corrected chi connectivity index (χ0v) is 9.73. The van der Waals surface area contributed by atoms with E-state index < -0.39 is 5.82 Å². The van der Waals surface area contributed by atoms with Gasteiger partial charge < -0.3 is 0 Å². The maximum Gasteiger partial charge on any atom is 0.165 e. The molecule has 0 aliphatic carbocycles. The Bertz CT molecular complexity index is 375. The second-order valence-corrected chi connectivity index (χ2v) is 4.72. The maximum atomic E-state index is 13.4. The fourth-order valence-electron chi connectivity index (χ4n) is 1.40. The lowest BCUT2D eigenvalue weighted by Gasteiger charge is -2.19. The smallest absolute Gasteiger partial charge is 0.165 e. The molecule has 1 aromatic rings. The first-order valence-corrected chi connectivity index (χ1v) is 5.19. The highest BCUT2D eigenvalue weighted by atomic mass is 19.1. The summed E-state index contributed by atoms with van der Waals surface area (Å²) in [5.74, 6) is -0.562. The SMILES string of the molecule is CCC(=O)c1cc(C(C)(C)C)ccc1F. The summed E-state index contributed by atoms with van der Waals surface area (Å²) in [5, 5.41) is 0. The van der Waals surface area contributed by atoms with Crippen molar-refractivity contribution in [3.63, 3.8) is 0 Å². The number of hydrogen-bond acceptors (Lipinski definition) is 1. The zero-order valence-electron chi connectivity index (χ0n) is 9.73. The van der Waals surface area contributed by atoms with Gasteiger partial charge in [-0.25, -0.2) is 4.39 Å². The molecule has 0 aliphatic rings. The van der Waals surface area contributed by atoms with Crippen LogP contribution < -0.4 is 0 Å². The molecule has 0 atom stereocenters. The number of Topliss-reactive ketones (excluding diaryl/α,β-unsaturated/α-hetero) is 1. The van der Waals surface area contributed by atoms with Crippen molar-refractivity contribution >= 4 is 5.78 Å². The molecule has 1 rings (SSSR count). The van der Waals surface area contributed by atoms with Gasteiger partial charge in [-0.05, 0) is 23.1 Å². The van der Waals surface area contributed by atoms with Crippen LogP contribution in [-0.4, -0.2) is 5.78 Å². The molecule has 15 heavy (non-hydrogen) atoms. The fourth-order valence-corrected chi connectivity index (χ4v) is 1.40. The molecule has 0 bridgehead atoms. The standard InChI is InChI=1S/C13H17FO/c1-5-12(15)10-8-9(13(2,3)4)6-7-11(10)14/h6-8H,5H2,1-4H3. The van der Waals surface area contributed by atoms with Crippen LogP contribution in [-0.2, 0) is 5.41 Å². The van der Waals surface area contributed by atoms with Gasteiger partial charge >= 0.3 is 0 Å². The largest absolute Gasteiger partial charge is 0.294 e. The summed E-state index contributed by atoms with van der Waals surface area (Å²) in [6.07, 6.45) is 0.338. The third-order valence-corrected chi connectivity index (χ3v) is 2.45. The van der Waals surface area contributed by atoms with Gasteiger partial charge in [0.15, 0.2) is 5.78 Å². The molecule has 1 aromatic carbocycles. The van der Waals surface area contributed by atoms with Crippen LogP contribution in [0.5, 0.6) is 0 Å². The van der Waals surface area contributed by atoms with Crippen LogP contribution in [0.2, 0.25) is 0 Å². The number of rotatable bonds is 2. The monoisotopic (exact) mass is 208 g/mol. The van der Waals surface area contributed by atoms with Crippen molar-refractivity contribution in [3.8, 4) is 0 Å². The second-order valence-electron chi connectivity index (χ2n) is 4.72. The Morgan fingerprint density at radius 3 is 2.40 bits per heavy atom. The van der Waals surface area contributed by atoms with E-state index in [0.29, 0.717) is 6.42 Å². The van der Waals surface area contributed by atoms with Gasteiger partial charge in [-0.1, -0.05) is 33.8 Å². The van der Waals surface area contributed by atoms with E-state index in [4.69, 9.17) is 0 Å². The summed E-state index contributed by atoms with van der Waals surface area (Å²) in [5.41, 5.74) is 1.14. The lowest BCUT2D eigenvalue weighted by molar-refractivity contribution is 0.0984. The van der Waals surface area contributed by atoms with Crippen LogP contribution in [0.1, 0.15) is 50.0 Å². The van der Waals surface area contributed by atoms with Crippen LogP contribution in [0.3, 0.4) is 0 Å². The highest BCUT2D eigenvalue weighted by molar-refractivity contribution is 5.96. The summed E-state index contributed by atoms with van der Waals surface area (Å²) in [7, 11) is 0. The lowest BCUT2D eigenvalue weighted by atomic mass is 9.85. The number of hydrogen-bond donors (Lipinski definition) is 0. The molecule has 2 heteroatoms. The fraction of sp³-hybridized carbons (Fsp3) is 0.462. The summed E-state index contributed by atoms with van der Waals surface area (Å²) < 4.78 is 13.4. The molecule has 0 heterocycles. The Morgan fingerprint density at radius 1 is 1.33 bits per heavy atom. The Balaban J connectivity index is 3.23. The van der Waals surface area contributed by atoms with Gasteiger partial charge in [0.05, 0.1) is 5.56 Å². The molecule has 0 fully saturated rings. The first-order chi connectivity index (χ1) is 6.86. The Labute approximate surface area is 90.3 Å². The van der Waals surface area contributed by atoms with Gasteiger partial charge in [-0.2, -0.15) is 0 Å². The van der Waals surface area contributed by atoms with Crippen molar-refractivity contribution in [1.82, 2.24) is 0 Å². The van der Waals surface area contributed by atoms with E-state index in [1.54, 1.807) is 19.1 Å². The van der Waals surface area contributed by atoms with E-state index in [-0.39, 0.29) is 16.8 Å². The highest BCUT2D eigenvalue weighted by Gasteiger charge is 2.17. The minimum Gasteiger partial charge on any atom is -0.294 e. The van der Waals surface area contributed by atoms with E-state index in [0.717, 1.165) is 5.56 Å². The quantitative estimate of drug-likeness (QED) is 0.677. The first-order valence-electron chi connectivity index (χ1n) is 5.19. The molecule has 0 aromatic heterocycles. The van der Waals surface area contributed by atoms with Gasteiger partial charge in [-0.3, -0.25) is 4.79 Å². The van der Waals surface area contributed by atoms with Crippen molar-refractivity contribution in [1.29, 1.82) is 0 Å². The van der Waals surface area contributed by atoms with Crippen molar-refractivity contribution in [2.45, 2.75) is 39.5 Å². The van der Waals surface area contributed by atoms with Gasteiger partial charge in [0, 0.05) is 6.42 Å². The average molecular weight is 208 g/mol. The highest BCUT2D eigenvalue weighted by Crippen LogP contribution is 2.24. The number of benzene rings is 1. The van der Waals surface area contributed by atoms with Crippen LogP contribution >= 0.6 is 0 Å². The van der Waals surface area contributed by atoms with E-state index in [1.807, 2.05) is 20.8 Å². The summed E-state index contributed by atoms with van der Waals surface area (Å²) in [4.78, 5) is 11.5. The third-order valence-electron chi connectivity index (χ3n) is 2.45. The van der Waals surface area contributed by atoms with Crippen molar-refractivity contribution in [2.75, 3.05) is 0 Å². The number of ketones is 1. The second kappa shape index (κ2) is 4.13. The van der Waals surface area contributed by atoms with Gasteiger partial charge in [-0.15, -0.1) is 0 Å². The lowest BCUT2D eigenvalue weighted by Crippen LogP contribution is -2.13. The Hall–Kier alpha value is -1.18. The van der Waals surface area contributed by atoms with Crippen LogP contribution in [0, 0.1) is 5.82 Å². The molecule has 0 unspecified atom stereocenters. The molecule has 0 amide bonds. The maximum absolute atomic E-state index is 13.4. The Kier molecular flexibility index (Phi) is 3.28. The first kappa shape index (κ1) is 11.9. The molecule has 0 aliphatic heterocycles. The summed E-state index contributed by atoms with van der Waals surface area (Å²) >= 11 is 0. The normalized spacial score (nSPS) is 11.5. The van der Waals surface area contributed by atoms with Gasteiger partial charge in [0.2, 0.25) is 0 Å². The topological polar surface area (TPSA) is 17.1 Å². The molecule has 0 spiro atoms. The molecule has 0 saturated carbocycles. The summed E-state index contributed by atoms with van der Waals surface area (Å²) in [6, 6.07) is 4.78. The minimum atomic E-state index is -0.421. The molecule has 0 radical (unpaired) electrons. The van der Waals surface area contributed by atoms with Gasteiger partial charge in [0.1, 0.15) is 5.82 Å². The number of carbonyl (C=O) groups excluding carboxylic acids is 1. The van der Waals surface area contributed by atoms with Crippen molar-refractivity contribution in [2.24, 2.45) is 0 Å². The van der Waals surface area contributed by atoms with Gasteiger partial charge in [0.25, 0.3) is 0 Å². The molecule has 0 saturated heterocycles.